The molecule has 0 radical (unpaired) electrons. The lowest BCUT2D eigenvalue weighted by molar-refractivity contribution is 0.0947. The Hall–Kier alpha value is -1.06. The van der Waals surface area contributed by atoms with Crippen LogP contribution in [-0.4, -0.2) is 50.0 Å². The molecule has 0 aliphatic rings. The topological polar surface area (TPSA) is 98.3 Å². The predicted octanol–water partition coefficient (Wildman–Crippen LogP) is 0.877. The van der Waals surface area contributed by atoms with Crippen molar-refractivity contribution in [1.82, 2.24) is 15.5 Å². The molecule has 114 valence electrons. The Kier molecular flexibility index (Phi) is 6.50. The molecule has 1 heterocycles. The van der Waals surface area contributed by atoms with E-state index in [9.17, 15) is 13.2 Å². The molecule has 1 amide bonds. The molecule has 1 aromatic heterocycles. The number of amides is 1. The van der Waals surface area contributed by atoms with Crippen LogP contribution in [0.25, 0.3) is 0 Å². The van der Waals surface area contributed by atoms with Crippen molar-refractivity contribution in [2.75, 3.05) is 20.3 Å². The highest BCUT2D eigenvalue weighted by molar-refractivity contribution is 7.93. The number of ether oxygens (including phenoxy) is 1. The Morgan fingerprint density at radius 1 is 1.45 bits per heavy atom. The molecule has 0 aromatic carbocycles. The molecule has 0 aliphatic carbocycles. The van der Waals surface area contributed by atoms with Gasteiger partial charge in [-0.2, -0.15) is 0 Å². The van der Waals surface area contributed by atoms with Crippen LogP contribution in [0.1, 0.15) is 36.5 Å². The summed E-state index contributed by atoms with van der Waals surface area (Å²) in [6.45, 7) is 4.39. The van der Waals surface area contributed by atoms with Gasteiger partial charge < -0.3 is 10.1 Å². The van der Waals surface area contributed by atoms with E-state index < -0.39 is 21.0 Å². The van der Waals surface area contributed by atoms with E-state index in [-0.39, 0.29) is 9.35 Å². The van der Waals surface area contributed by atoms with E-state index in [1.54, 1.807) is 21.0 Å². The summed E-state index contributed by atoms with van der Waals surface area (Å²) in [5.41, 5.74) is 0. The first-order valence-electron chi connectivity index (χ1n) is 6.28. The lowest BCUT2D eigenvalue weighted by atomic mass is 10.4. The SMILES string of the molecule is CCC(C)S(=O)(=O)c1nnc(C(=O)NCCCOC)s1. The number of sulfone groups is 1. The number of nitrogens with zero attached hydrogens (tertiary/aromatic N) is 2. The Morgan fingerprint density at radius 3 is 2.75 bits per heavy atom. The van der Waals surface area contributed by atoms with Gasteiger partial charge in [-0.1, -0.05) is 18.3 Å². The van der Waals surface area contributed by atoms with Gasteiger partial charge in [0, 0.05) is 20.3 Å². The summed E-state index contributed by atoms with van der Waals surface area (Å²) in [5.74, 6) is -0.413. The molecule has 0 bridgehead atoms. The largest absolute Gasteiger partial charge is 0.385 e. The standard InChI is InChI=1S/C11H19N3O4S2/c1-4-8(2)20(16,17)11-14-13-10(19-11)9(15)12-6-5-7-18-3/h8H,4-7H2,1-3H3,(H,12,15). The Labute approximate surface area is 122 Å². The molecule has 0 spiro atoms. The Morgan fingerprint density at radius 2 is 2.15 bits per heavy atom. The monoisotopic (exact) mass is 321 g/mol. The lowest BCUT2D eigenvalue weighted by Crippen LogP contribution is -2.25. The normalized spacial score (nSPS) is 13.2. The van der Waals surface area contributed by atoms with Crippen molar-refractivity contribution in [3.05, 3.63) is 5.01 Å². The van der Waals surface area contributed by atoms with Crippen LogP contribution in [0.4, 0.5) is 0 Å². The smallest absolute Gasteiger partial charge is 0.282 e. The molecule has 0 fully saturated rings. The Bertz CT molecular complexity index is 542. The first-order valence-corrected chi connectivity index (χ1v) is 8.64. The van der Waals surface area contributed by atoms with E-state index in [4.69, 9.17) is 4.74 Å². The van der Waals surface area contributed by atoms with Crippen molar-refractivity contribution in [2.24, 2.45) is 0 Å². The highest BCUT2D eigenvalue weighted by Crippen LogP contribution is 2.21. The minimum Gasteiger partial charge on any atom is -0.385 e. The fraction of sp³-hybridized carbons (Fsp3) is 0.727. The molecular formula is C11H19N3O4S2. The number of carbonyl (C=O) groups excluding carboxylic acids is 1. The van der Waals surface area contributed by atoms with E-state index in [0.29, 0.717) is 26.0 Å². The number of hydrogen-bond donors (Lipinski definition) is 1. The molecule has 20 heavy (non-hydrogen) atoms. The highest BCUT2D eigenvalue weighted by Gasteiger charge is 2.27. The molecule has 0 aliphatic heterocycles. The van der Waals surface area contributed by atoms with Crippen molar-refractivity contribution < 1.29 is 17.9 Å². The van der Waals surface area contributed by atoms with Crippen LogP contribution in [0.2, 0.25) is 0 Å². The lowest BCUT2D eigenvalue weighted by Gasteiger charge is -2.05. The summed E-state index contributed by atoms with van der Waals surface area (Å²) in [6.07, 6.45) is 1.17. The summed E-state index contributed by atoms with van der Waals surface area (Å²) >= 11 is 0.802. The van der Waals surface area contributed by atoms with Crippen LogP contribution in [-0.2, 0) is 14.6 Å². The zero-order valence-corrected chi connectivity index (χ0v) is 13.4. The van der Waals surface area contributed by atoms with E-state index >= 15 is 0 Å². The van der Waals surface area contributed by atoms with Crippen LogP contribution in [0.3, 0.4) is 0 Å². The van der Waals surface area contributed by atoms with Gasteiger partial charge >= 0.3 is 0 Å². The third-order valence-corrected chi connectivity index (χ3v) is 6.38. The fourth-order valence-corrected chi connectivity index (χ4v) is 3.93. The van der Waals surface area contributed by atoms with Gasteiger partial charge in [-0.3, -0.25) is 4.79 Å². The zero-order chi connectivity index (χ0) is 15.2. The van der Waals surface area contributed by atoms with E-state index in [1.807, 2.05) is 0 Å². The van der Waals surface area contributed by atoms with Gasteiger partial charge in [-0.15, -0.1) is 10.2 Å². The van der Waals surface area contributed by atoms with Crippen LogP contribution < -0.4 is 5.32 Å². The molecular weight excluding hydrogens is 302 g/mol. The number of hydrogen-bond acceptors (Lipinski definition) is 7. The van der Waals surface area contributed by atoms with Crippen molar-refractivity contribution in [3.8, 4) is 0 Å². The van der Waals surface area contributed by atoms with Gasteiger partial charge in [0.15, 0.2) is 0 Å². The van der Waals surface area contributed by atoms with Crippen molar-refractivity contribution in [3.63, 3.8) is 0 Å². The van der Waals surface area contributed by atoms with Crippen LogP contribution in [0, 0.1) is 0 Å². The summed E-state index contributed by atoms with van der Waals surface area (Å²) < 4.78 is 28.9. The van der Waals surface area contributed by atoms with Crippen molar-refractivity contribution >= 4 is 27.1 Å². The Balaban J connectivity index is 2.70. The fourth-order valence-electron chi connectivity index (χ4n) is 1.30. The van der Waals surface area contributed by atoms with Gasteiger partial charge in [0.2, 0.25) is 19.2 Å². The van der Waals surface area contributed by atoms with Crippen molar-refractivity contribution in [2.45, 2.75) is 36.3 Å². The molecule has 1 N–H and O–H groups in total. The highest BCUT2D eigenvalue weighted by atomic mass is 32.2. The molecule has 1 atom stereocenters. The molecule has 0 saturated heterocycles. The average molecular weight is 321 g/mol. The van der Waals surface area contributed by atoms with Gasteiger partial charge in [-0.05, 0) is 19.8 Å². The number of rotatable bonds is 8. The predicted molar refractivity (Wildman–Crippen MR) is 75.7 cm³/mol. The average Bonchev–Trinajstić information content (AvgIpc) is 2.92. The quantitative estimate of drug-likeness (QED) is 0.714. The minimum absolute atomic E-state index is 0.0595. The molecule has 1 unspecified atom stereocenters. The first kappa shape index (κ1) is 17.0. The molecule has 9 heteroatoms. The van der Waals surface area contributed by atoms with Crippen LogP contribution in [0.5, 0.6) is 0 Å². The van der Waals surface area contributed by atoms with E-state index in [0.717, 1.165) is 11.3 Å². The van der Waals surface area contributed by atoms with Crippen LogP contribution >= 0.6 is 11.3 Å². The maximum Gasteiger partial charge on any atom is 0.282 e. The molecule has 1 rings (SSSR count). The van der Waals surface area contributed by atoms with Crippen LogP contribution in [0.15, 0.2) is 4.34 Å². The van der Waals surface area contributed by atoms with Gasteiger partial charge in [-0.25, -0.2) is 8.42 Å². The van der Waals surface area contributed by atoms with E-state index in [1.165, 1.54) is 0 Å². The maximum absolute atomic E-state index is 12.1. The number of nitrogens with one attached hydrogen (secondary N) is 1. The molecule has 0 saturated carbocycles. The number of carbonyl (C=O) groups is 1. The second kappa shape index (κ2) is 7.65. The number of aromatic nitrogens is 2. The summed E-state index contributed by atoms with van der Waals surface area (Å²) in [7, 11) is -1.90. The minimum atomic E-state index is -3.49. The van der Waals surface area contributed by atoms with Gasteiger partial charge in [0.05, 0.1) is 5.25 Å². The second-order valence-corrected chi connectivity index (χ2v) is 7.76. The first-order chi connectivity index (χ1) is 9.43. The zero-order valence-electron chi connectivity index (χ0n) is 11.7. The summed E-state index contributed by atoms with van der Waals surface area (Å²) in [6, 6.07) is 0. The summed E-state index contributed by atoms with van der Waals surface area (Å²) in [5, 5.41) is 9.42. The summed E-state index contributed by atoms with van der Waals surface area (Å²) in [4.78, 5) is 11.7. The van der Waals surface area contributed by atoms with Crippen molar-refractivity contribution in [1.29, 1.82) is 0 Å². The van der Waals surface area contributed by atoms with E-state index in [2.05, 4.69) is 15.5 Å². The molecule has 1 aromatic rings. The maximum atomic E-state index is 12.1. The third kappa shape index (κ3) is 4.22. The number of methoxy groups -OCH3 is 1. The second-order valence-electron chi connectivity index (χ2n) is 4.24. The van der Waals surface area contributed by atoms with Gasteiger partial charge in [0.1, 0.15) is 0 Å². The molecule has 7 nitrogen and oxygen atoms in total. The third-order valence-electron chi connectivity index (χ3n) is 2.76. The van der Waals surface area contributed by atoms with Gasteiger partial charge in [0.25, 0.3) is 5.91 Å².